The number of hydrogen-bond acceptors (Lipinski definition) is 3. The third kappa shape index (κ3) is 3.29. The fraction of sp³-hybridized carbons (Fsp3) is 0.462. The van der Waals surface area contributed by atoms with E-state index in [0.717, 1.165) is 36.2 Å². The van der Waals surface area contributed by atoms with Crippen LogP contribution in [0.2, 0.25) is 0 Å². The lowest BCUT2D eigenvalue weighted by Crippen LogP contribution is -2.45. The van der Waals surface area contributed by atoms with Gasteiger partial charge in [0.05, 0.1) is 12.5 Å². The first-order valence-electron chi connectivity index (χ1n) is 5.98. The van der Waals surface area contributed by atoms with Gasteiger partial charge in [-0.15, -0.1) is 0 Å². The minimum absolute atomic E-state index is 0.0240. The molecular weight excluding hydrogens is 297 g/mol. The largest absolute Gasteiger partial charge is 0.314 e. The lowest BCUT2D eigenvalue weighted by atomic mass is 10.0. The number of benzene rings is 1. The van der Waals surface area contributed by atoms with Gasteiger partial charge in [0.1, 0.15) is 5.82 Å². The van der Waals surface area contributed by atoms with Gasteiger partial charge in [-0.25, -0.2) is 4.39 Å². The number of nitrogens with one attached hydrogen (secondary N) is 1. The molecule has 0 amide bonds. The molecule has 96 valence electrons. The lowest BCUT2D eigenvalue weighted by Gasteiger charge is -2.34. The molecule has 0 saturated carbocycles. The Labute approximate surface area is 115 Å². The summed E-state index contributed by atoms with van der Waals surface area (Å²) in [5.41, 5.74) is 0.866. The van der Waals surface area contributed by atoms with Crippen molar-refractivity contribution in [3.63, 3.8) is 0 Å². The molecule has 0 aliphatic carbocycles. The Balaban J connectivity index is 2.25. The van der Waals surface area contributed by atoms with E-state index in [2.05, 4.69) is 32.2 Å². The van der Waals surface area contributed by atoms with Crippen LogP contribution < -0.4 is 5.32 Å². The molecule has 1 aliphatic rings. The Bertz CT molecular complexity index is 432. The summed E-state index contributed by atoms with van der Waals surface area (Å²) in [7, 11) is 0. The van der Waals surface area contributed by atoms with Crippen LogP contribution in [-0.2, 0) is 0 Å². The van der Waals surface area contributed by atoms with Crippen LogP contribution in [0.1, 0.15) is 18.0 Å². The zero-order valence-corrected chi connectivity index (χ0v) is 11.6. The van der Waals surface area contributed by atoms with Gasteiger partial charge in [-0.1, -0.05) is 15.9 Å². The van der Waals surface area contributed by atoms with Gasteiger partial charge in [-0.3, -0.25) is 4.90 Å². The molecule has 1 saturated heterocycles. The van der Waals surface area contributed by atoms with Gasteiger partial charge in [0.25, 0.3) is 0 Å². The summed E-state index contributed by atoms with van der Waals surface area (Å²) in [6, 6.07) is 7.03. The maximum absolute atomic E-state index is 13.5. The molecule has 0 spiro atoms. The molecule has 1 fully saturated rings. The second kappa shape index (κ2) is 6.28. The van der Waals surface area contributed by atoms with Crippen molar-refractivity contribution in [1.29, 1.82) is 5.26 Å². The lowest BCUT2D eigenvalue weighted by molar-refractivity contribution is 0.175. The Morgan fingerprint density at radius 3 is 2.72 bits per heavy atom. The standard InChI is InChI=1S/C13H15BrFN3/c14-11-7-10(8-12(15)9-11)13(1-2-16)18-5-3-17-4-6-18/h7-9,13,17H,1,3-6H2/t13-/m1/s1. The normalized spacial score (nSPS) is 18.3. The summed E-state index contributed by atoms with van der Waals surface area (Å²) in [4.78, 5) is 2.24. The predicted octanol–water partition coefficient (Wildman–Crippen LogP) is 2.45. The molecule has 1 N–H and O–H groups in total. The van der Waals surface area contributed by atoms with Crippen LogP contribution in [0.4, 0.5) is 4.39 Å². The van der Waals surface area contributed by atoms with Crippen molar-refractivity contribution in [3.05, 3.63) is 34.1 Å². The monoisotopic (exact) mass is 311 g/mol. The maximum Gasteiger partial charge on any atom is 0.124 e. The number of piperazine rings is 1. The van der Waals surface area contributed by atoms with Gasteiger partial charge in [0, 0.05) is 36.7 Å². The summed E-state index contributed by atoms with van der Waals surface area (Å²) in [6.07, 6.45) is 0.385. The van der Waals surface area contributed by atoms with Crippen molar-refractivity contribution in [1.82, 2.24) is 10.2 Å². The fourth-order valence-corrected chi connectivity index (χ4v) is 2.79. The topological polar surface area (TPSA) is 39.1 Å². The van der Waals surface area contributed by atoms with Gasteiger partial charge in [-0.05, 0) is 23.8 Å². The molecular formula is C13H15BrFN3. The number of rotatable bonds is 3. The van der Waals surface area contributed by atoms with E-state index in [4.69, 9.17) is 5.26 Å². The summed E-state index contributed by atoms with van der Waals surface area (Å²) >= 11 is 3.30. The zero-order chi connectivity index (χ0) is 13.0. The van der Waals surface area contributed by atoms with Crippen molar-refractivity contribution < 1.29 is 4.39 Å². The quantitative estimate of drug-likeness (QED) is 0.932. The van der Waals surface area contributed by atoms with Crippen molar-refractivity contribution in [2.45, 2.75) is 12.5 Å². The number of hydrogen-bond donors (Lipinski definition) is 1. The number of nitrogens with zero attached hydrogens (tertiary/aromatic N) is 2. The van der Waals surface area contributed by atoms with E-state index in [-0.39, 0.29) is 11.9 Å². The molecule has 1 aliphatic heterocycles. The molecule has 3 nitrogen and oxygen atoms in total. The highest BCUT2D eigenvalue weighted by atomic mass is 79.9. The van der Waals surface area contributed by atoms with Crippen LogP contribution in [0.15, 0.2) is 22.7 Å². The Kier molecular flexibility index (Phi) is 4.70. The van der Waals surface area contributed by atoms with Crippen LogP contribution in [0.5, 0.6) is 0 Å². The van der Waals surface area contributed by atoms with Crippen molar-refractivity contribution in [3.8, 4) is 6.07 Å². The average molecular weight is 312 g/mol. The first-order valence-corrected chi connectivity index (χ1v) is 6.77. The van der Waals surface area contributed by atoms with Gasteiger partial charge in [-0.2, -0.15) is 5.26 Å². The van der Waals surface area contributed by atoms with Crippen LogP contribution in [0.3, 0.4) is 0 Å². The first kappa shape index (κ1) is 13.5. The highest BCUT2D eigenvalue weighted by Crippen LogP contribution is 2.27. The van der Waals surface area contributed by atoms with E-state index in [1.165, 1.54) is 12.1 Å². The summed E-state index contributed by atoms with van der Waals surface area (Å²) in [5.74, 6) is -0.266. The van der Waals surface area contributed by atoms with Crippen molar-refractivity contribution in [2.75, 3.05) is 26.2 Å². The molecule has 1 heterocycles. The molecule has 1 aromatic carbocycles. The Morgan fingerprint density at radius 1 is 1.39 bits per heavy atom. The van der Waals surface area contributed by atoms with Crippen molar-refractivity contribution >= 4 is 15.9 Å². The van der Waals surface area contributed by atoms with Crippen LogP contribution >= 0.6 is 15.9 Å². The molecule has 1 atom stereocenters. The molecule has 0 unspecified atom stereocenters. The van der Waals surface area contributed by atoms with E-state index in [9.17, 15) is 4.39 Å². The predicted molar refractivity (Wildman–Crippen MR) is 71.5 cm³/mol. The van der Waals surface area contributed by atoms with E-state index in [1.54, 1.807) is 0 Å². The van der Waals surface area contributed by atoms with Crippen LogP contribution in [0, 0.1) is 17.1 Å². The van der Waals surface area contributed by atoms with E-state index < -0.39 is 0 Å². The number of nitriles is 1. The third-order valence-corrected chi connectivity index (χ3v) is 3.60. The summed E-state index contributed by atoms with van der Waals surface area (Å²) < 4.78 is 14.2. The Morgan fingerprint density at radius 2 is 2.11 bits per heavy atom. The van der Waals surface area contributed by atoms with Gasteiger partial charge >= 0.3 is 0 Å². The first-order chi connectivity index (χ1) is 8.70. The minimum atomic E-state index is -0.266. The molecule has 2 rings (SSSR count). The maximum atomic E-state index is 13.5. The second-order valence-electron chi connectivity index (χ2n) is 4.37. The van der Waals surface area contributed by atoms with Gasteiger partial charge in [0.15, 0.2) is 0 Å². The molecule has 0 aromatic heterocycles. The molecule has 0 radical (unpaired) electrons. The van der Waals surface area contributed by atoms with Crippen molar-refractivity contribution in [2.24, 2.45) is 0 Å². The van der Waals surface area contributed by atoms with E-state index in [0.29, 0.717) is 6.42 Å². The number of halogens is 2. The van der Waals surface area contributed by atoms with Gasteiger partial charge in [0.2, 0.25) is 0 Å². The highest BCUT2D eigenvalue weighted by Gasteiger charge is 2.22. The average Bonchev–Trinajstić information content (AvgIpc) is 2.36. The smallest absolute Gasteiger partial charge is 0.124 e. The highest BCUT2D eigenvalue weighted by molar-refractivity contribution is 9.10. The molecule has 0 bridgehead atoms. The SMILES string of the molecule is N#CC[C@H](c1cc(F)cc(Br)c1)N1CCNCC1. The van der Waals surface area contributed by atoms with Crippen LogP contribution in [-0.4, -0.2) is 31.1 Å². The van der Waals surface area contributed by atoms with Crippen LogP contribution in [0.25, 0.3) is 0 Å². The summed E-state index contributed by atoms with van der Waals surface area (Å²) in [6.45, 7) is 3.61. The molecule has 18 heavy (non-hydrogen) atoms. The zero-order valence-electron chi connectivity index (χ0n) is 10.00. The Hall–Kier alpha value is -0.960. The minimum Gasteiger partial charge on any atom is -0.314 e. The second-order valence-corrected chi connectivity index (χ2v) is 5.28. The summed E-state index contributed by atoms with van der Waals surface area (Å²) in [5, 5.41) is 12.2. The molecule has 1 aromatic rings. The van der Waals surface area contributed by atoms with E-state index in [1.807, 2.05) is 6.07 Å². The van der Waals surface area contributed by atoms with E-state index >= 15 is 0 Å². The third-order valence-electron chi connectivity index (χ3n) is 3.15. The fourth-order valence-electron chi connectivity index (χ4n) is 2.31. The molecule has 5 heteroatoms. The van der Waals surface area contributed by atoms with Gasteiger partial charge < -0.3 is 5.32 Å².